The summed E-state index contributed by atoms with van der Waals surface area (Å²) in [7, 11) is 0. The highest BCUT2D eigenvalue weighted by molar-refractivity contribution is 5.94. The van der Waals surface area contributed by atoms with Gasteiger partial charge in [-0.1, -0.05) is 18.2 Å². The van der Waals surface area contributed by atoms with E-state index in [1.165, 1.54) is 46.5 Å². The van der Waals surface area contributed by atoms with Gasteiger partial charge < -0.3 is 9.64 Å². The number of aryl methyl sites for hydroxylation is 1. The van der Waals surface area contributed by atoms with Gasteiger partial charge in [-0.3, -0.25) is 14.9 Å². The smallest absolute Gasteiger partial charge is 0.378 e. The number of hydrogen-bond donors (Lipinski definition) is 2. The third-order valence-corrected chi connectivity index (χ3v) is 5.01. The number of ether oxygens (including phenoxy) is 1. The fourth-order valence-corrected chi connectivity index (χ4v) is 3.29. The molecule has 1 aliphatic heterocycles. The standard InChI is InChI=1S/C21H22F3N3O4/c1-14-2-7-17(12-18(14)21(22,23)24)27(20(29)26-8-10-31-11-9-26)13-15-3-5-16(6-4-15)19(28)25-30/h2-7,12,30H,8-11,13H2,1H3,(H,25,28). The number of benzene rings is 2. The van der Waals surface area contributed by atoms with Gasteiger partial charge in [0.1, 0.15) is 0 Å². The number of urea groups is 1. The highest BCUT2D eigenvalue weighted by atomic mass is 19.4. The monoisotopic (exact) mass is 437 g/mol. The molecule has 1 fully saturated rings. The first-order chi connectivity index (χ1) is 14.7. The summed E-state index contributed by atoms with van der Waals surface area (Å²) in [5, 5.41) is 8.72. The number of nitrogens with one attached hydrogen (secondary N) is 1. The molecule has 0 unspecified atom stereocenters. The van der Waals surface area contributed by atoms with Crippen molar-refractivity contribution in [3.63, 3.8) is 0 Å². The molecule has 0 aliphatic carbocycles. The first-order valence-corrected chi connectivity index (χ1v) is 9.56. The van der Waals surface area contributed by atoms with Crippen LogP contribution in [0, 0.1) is 6.92 Å². The van der Waals surface area contributed by atoms with Crippen LogP contribution in [0.1, 0.15) is 27.0 Å². The average molecular weight is 437 g/mol. The van der Waals surface area contributed by atoms with Gasteiger partial charge in [0.05, 0.1) is 25.3 Å². The van der Waals surface area contributed by atoms with Crippen molar-refractivity contribution >= 4 is 17.6 Å². The Bertz CT molecular complexity index is 942. The molecule has 7 nitrogen and oxygen atoms in total. The summed E-state index contributed by atoms with van der Waals surface area (Å²) in [5.41, 5.74) is 1.70. The van der Waals surface area contributed by atoms with Crippen LogP contribution in [0.25, 0.3) is 0 Å². The lowest BCUT2D eigenvalue weighted by molar-refractivity contribution is -0.138. The summed E-state index contributed by atoms with van der Waals surface area (Å²) in [5.74, 6) is -0.693. The number of carbonyl (C=O) groups excluding carboxylic acids is 2. The Kier molecular flexibility index (Phi) is 6.81. The van der Waals surface area contributed by atoms with Crippen molar-refractivity contribution in [2.75, 3.05) is 31.2 Å². The number of amides is 3. The molecule has 0 bridgehead atoms. The minimum absolute atomic E-state index is 0.00241. The molecule has 2 aromatic rings. The highest BCUT2D eigenvalue weighted by Crippen LogP contribution is 2.35. The van der Waals surface area contributed by atoms with Gasteiger partial charge in [-0.2, -0.15) is 13.2 Å². The highest BCUT2D eigenvalue weighted by Gasteiger charge is 2.34. The van der Waals surface area contributed by atoms with E-state index in [-0.39, 0.29) is 23.4 Å². The van der Waals surface area contributed by atoms with Gasteiger partial charge in [-0.05, 0) is 42.3 Å². The fraction of sp³-hybridized carbons (Fsp3) is 0.333. The quantitative estimate of drug-likeness (QED) is 0.566. The molecular weight excluding hydrogens is 415 g/mol. The van der Waals surface area contributed by atoms with Gasteiger partial charge in [0, 0.05) is 24.3 Å². The molecule has 0 spiro atoms. The summed E-state index contributed by atoms with van der Waals surface area (Å²) in [6.07, 6.45) is -4.55. The number of anilines is 1. The Morgan fingerprint density at radius 2 is 1.77 bits per heavy atom. The van der Waals surface area contributed by atoms with Crippen molar-refractivity contribution in [2.24, 2.45) is 0 Å². The van der Waals surface area contributed by atoms with Gasteiger partial charge in [-0.25, -0.2) is 10.3 Å². The molecule has 2 aromatic carbocycles. The van der Waals surface area contributed by atoms with E-state index in [1.54, 1.807) is 12.1 Å². The summed E-state index contributed by atoms with van der Waals surface area (Å²) in [6.45, 7) is 2.74. The van der Waals surface area contributed by atoms with E-state index in [9.17, 15) is 22.8 Å². The predicted octanol–water partition coefficient (Wildman–Crippen LogP) is 3.59. The third kappa shape index (κ3) is 5.33. The predicted molar refractivity (Wildman–Crippen MR) is 106 cm³/mol. The summed E-state index contributed by atoms with van der Waals surface area (Å²) >= 11 is 0. The van der Waals surface area contributed by atoms with E-state index in [0.717, 1.165) is 6.07 Å². The number of hydrogen-bond acceptors (Lipinski definition) is 4. The number of nitrogens with zero attached hydrogens (tertiary/aromatic N) is 2. The van der Waals surface area contributed by atoms with Crippen molar-refractivity contribution in [1.82, 2.24) is 10.4 Å². The molecule has 1 heterocycles. The van der Waals surface area contributed by atoms with Gasteiger partial charge in [0.2, 0.25) is 0 Å². The van der Waals surface area contributed by atoms with Crippen LogP contribution >= 0.6 is 0 Å². The third-order valence-electron chi connectivity index (χ3n) is 5.01. The Labute approximate surface area is 177 Å². The normalized spacial score (nSPS) is 14.3. The Hall–Kier alpha value is -3.11. The molecule has 0 aromatic heterocycles. The SMILES string of the molecule is Cc1ccc(N(Cc2ccc(C(=O)NO)cc2)C(=O)N2CCOCC2)cc1C(F)(F)F. The molecule has 2 N–H and O–H groups in total. The molecule has 0 saturated carbocycles. The summed E-state index contributed by atoms with van der Waals surface area (Å²) < 4.78 is 45.6. The van der Waals surface area contributed by atoms with Gasteiger partial charge >= 0.3 is 12.2 Å². The zero-order valence-electron chi connectivity index (χ0n) is 16.8. The van der Waals surface area contributed by atoms with Crippen LogP contribution in [0.15, 0.2) is 42.5 Å². The lowest BCUT2D eigenvalue weighted by Gasteiger charge is -2.33. The van der Waals surface area contributed by atoms with Crippen molar-refractivity contribution in [3.8, 4) is 0 Å². The molecule has 166 valence electrons. The topological polar surface area (TPSA) is 82.1 Å². The van der Waals surface area contributed by atoms with E-state index in [1.807, 2.05) is 0 Å². The van der Waals surface area contributed by atoms with Crippen LogP contribution in [0.2, 0.25) is 0 Å². The van der Waals surface area contributed by atoms with E-state index in [0.29, 0.717) is 31.9 Å². The van der Waals surface area contributed by atoms with E-state index >= 15 is 0 Å². The number of alkyl halides is 3. The van der Waals surface area contributed by atoms with Crippen LogP contribution in [0.4, 0.5) is 23.7 Å². The van der Waals surface area contributed by atoms with Crippen molar-refractivity contribution in [2.45, 2.75) is 19.6 Å². The number of hydroxylamine groups is 1. The molecule has 0 radical (unpaired) electrons. The van der Waals surface area contributed by atoms with Crippen molar-refractivity contribution in [3.05, 3.63) is 64.7 Å². The molecule has 10 heteroatoms. The molecule has 3 rings (SSSR count). The summed E-state index contributed by atoms with van der Waals surface area (Å²) in [6, 6.07) is 9.41. The van der Waals surface area contributed by atoms with Gasteiger partial charge in [-0.15, -0.1) is 0 Å². The van der Waals surface area contributed by atoms with Crippen molar-refractivity contribution in [1.29, 1.82) is 0 Å². The average Bonchev–Trinajstić information content (AvgIpc) is 2.77. The van der Waals surface area contributed by atoms with Gasteiger partial charge in [0.15, 0.2) is 0 Å². The maximum absolute atomic E-state index is 13.4. The zero-order valence-corrected chi connectivity index (χ0v) is 16.8. The zero-order chi connectivity index (χ0) is 22.6. The van der Waals surface area contributed by atoms with Gasteiger partial charge in [0.25, 0.3) is 5.91 Å². The number of halogens is 3. The molecular formula is C21H22F3N3O4. The second-order valence-electron chi connectivity index (χ2n) is 7.10. The number of carbonyl (C=O) groups is 2. The van der Waals surface area contributed by atoms with Crippen LogP contribution in [-0.4, -0.2) is 48.3 Å². The Morgan fingerprint density at radius 3 is 2.35 bits per heavy atom. The first kappa shape index (κ1) is 22.6. The molecule has 1 saturated heterocycles. The maximum atomic E-state index is 13.4. The van der Waals surface area contributed by atoms with Crippen LogP contribution in [0.3, 0.4) is 0 Å². The van der Waals surface area contributed by atoms with Crippen LogP contribution < -0.4 is 10.4 Å². The summed E-state index contributed by atoms with van der Waals surface area (Å²) in [4.78, 5) is 27.5. The maximum Gasteiger partial charge on any atom is 0.416 e. The van der Waals surface area contributed by atoms with Crippen LogP contribution in [0.5, 0.6) is 0 Å². The largest absolute Gasteiger partial charge is 0.416 e. The first-order valence-electron chi connectivity index (χ1n) is 9.56. The molecule has 1 aliphatic rings. The molecule has 3 amide bonds. The van der Waals surface area contributed by atoms with Crippen LogP contribution in [-0.2, 0) is 17.5 Å². The second-order valence-corrected chi connectivity index (χ2v) is 7.10. The van der Waals surface area contributed by atoms with E-state index < -0.39 is 23.7 Å². The minimum atomic E-state index is -4.55. The lowest BCUT2D eigenvalue weighted by Crippen LogP contribution is -2.48. The number of rotatable bonds is 4. The Balaban J connectivity index is 1.95. The molecule has 31 heavy (non-hydrogen) atoms. The number of morpholine rings is 1. The minimum Gasteiger partial charge on any atom is -0.378 e. The van der Waals surface area contributed by atoms with Crippen molar-refractivity contribution < 1.29 is 32.7 Å². The van der Waals surface area contributed by atoms with E-state index in [2.05, 4.69) is 0 Å². The molecule has 0 atom stereocenters. The fourth-order valence-electron chi connectivity index (χ4n) is 3.29. The second kappa shape index (κ2) is 9.36. The Morgan fingerprint density at radius 1 is 1.13 bits per heavy atom. The lowest BCUT2D eigenvalue weighted by atomic mass is 10.1. The van der Waals surface area contributed by atoms with E-state index in [4.69, 9.17) is 9.94 Å².